The summed E-state index contributed by atoms with van der Waals surface area (Å²) in [5.41, 5.74) is 0.712. The zero-order valence-corrected chi connectivity index (χ0v) is 15.0. The summed E-state index contributed by atoms with van der Waals surface area (Å²) in [6.45, 7) is 0.256. The molecule has 0 aromatic heterocycles. The van der Waals surface area contributed by atoms with Gasteiger partial charge in [0.15, 0.2) is 0 Å². The normalized spacial score (nSPS) is 25.9. The van der Waals surface area contributed by atoms with Gasteiger partial charge in [0, 0.05) is 5.92 Å². The second-order valence-corrected chi connectivity index (χ2v) is 7.02. The molecule has 146 valence electrons. The Morgan fingerprint density at radius 1 is 0.786 bits per heavy atom. The summed E-state index contributed by atoms with van der Waals surface area (Å²) in [6, 6.07) is 11.7. The largest absolute Gasteiger partial charge is 0.508 e. The Kier molecular flexibility index (Phi) is 4.92. The van der Waals surface area contributed by atoms with Gasteiger partial charge in [0.2, 0.25) is 0 Å². The number of ether oxygens (including phenoxy) is 3. The minimum absolute atomic E-state index is 0.0290. The number of benzene rings is 2. The number of hydrogen-bond acceptors (Lipinski definition) is 7. The molecule has 1 saturated carbocycles. The highest BCUT2D eigenvalue weighted by Gasteiger charge is 2.49. The van der Waals surface area contributed by atoms with Crippen molar-refractivity contribution >= 4 is 11.9 Å². The number of esters is 2. The first-order chi connectivity index (χ1) is 13.5. The molecule has 2 aliphatic rings. The van der Waals surface area contributed by atoms with Crippen LogP contribution in [0.3, 0.4) is 0 Å². The van der Waals surface area contributed by atoms with Gasteiger partial charge in [-0.15, -0.1) is 0 Å². The number of rotatable bonds is 4. The molecule has 1 saturated heterocycles. The Morgan fingerprint density at radius 2 is 1.29 bits per heavy atom. The summed E-state index contributed by atoms with van der Waals surface area (Å²) in [5, 5.41) is 18.6. The van der Waals surface area contributed by atoms with Gasteiger partial charge in [-0.05, 0) is 61.4 Å². The third kappa shape index (κ3) is 3.66. The Morgan fingerprint density at radius 3 is 1.82 bits per heavy atom. The van der Waals surface area contributed by atoms with Crippen LogP contribution < -0.4 is 0 Å². The van der Waals surface area contributed by atoms with Crippen LogP contribution in [-0.2, 0) is 14.2 Å². The fraction of sp³-hybridized carbons (Fsp3) is 0.333. The summed E-state index contributed by atoms with van der Waals surface area (Å²) in [6.07, 6.45) is 0.254. The third-order valence-electron chi connectivity index (χ3n) is 5.23. The molecule has 1 aliphatic carbocycles. The first-order valence-corrected chi connectivity index (χ1v) is 9.13. The molecule has 7 nitrogen and oxygen atoms in total. The van der Waals surface area contributed by atoms with E-state index < -0.39 is 24.1 Å². The van der Waals surface area contributed by atoms with Gasteiger partial charge in [-0.3, -0.25) is 0 Å². The van der Waals surface area contributed by atoms with E-state index in [4.69, 9.17) is 14.2 Å². The summed E-state index contributed by atoms with van der Waals surface area (Å²) in [5.74, 6) is -0.818. The summed E-state index contributed by atoms with van der Waals surface area (Å²) >= 11 is 0. The molecule has 4 rings (SSSR count). The zero-order chi connectivity index (χ0) is 19.7. The second kappa shape index (κ2) is 7.52. The second-order valence-electron chi connectivity index (χ2n) is 7.02. The van der Waals surface area contributed by atoms with E-state index in [9.17, 15) is 19.8 Å². The van der Waals surface area contributed by atoms with E-state index in [1.807, 2.05) is 0 Å². The highest BCUT2D eigenvalue weighted by molar-refractivity contribution is 5.90. The van der Waals surface area contributed by atoms with Gasteiger partial charge in [-0.1, -0.05) is 0 Å². The summed E-state index contributed by atoms with van der Waals surface area (Å²) in [7, 11) is 0. The molecular formula is C21H20O7. The quantitative estimate of drug-likeness (QED) is 0.781. The standard InChI is InChI=1S/C21H20O7/c22-14-5-1-12(2-6-14)20(24)27-17-10-9-16-18(11-26-19(16)17)28-21(25)13-3-7-15(23)8-4-13/h1-8,16-19,22-23H,9-11H2/t16-,17-,18-,19+/m1/s1. The van der Waals surface area contributed by atoms with E-state index in [0.29, 0.717) is 17.5 Å². The Bertz CT molecular complexity index is 786. The number of phenols is 2. The highest BCUT2D eigenvalue weighted by Crippen LogP contribution is 2.39. The lowest BCUT2D eigenvalue weighted by atomic mass is 10.0. The molecule has 1 heterocycles. The number of hydrogen-bond donors (Lipinski definition) is 2. The number of carbonyl (C=O) groups excluding carboxylic acids is 2. The van der Waals surface area contributed by atoms with E-state index in [0.717, 1.165) is 6.42 Å². The van der Waals surface area contributed by atoms with E-state index >= 15 is 0 Å². The molecule has 0 amide bonds. The fourth-order valence-electron chi connectivity index (χ4n) is 3.77. The smallest absolute Gasteiger partial charge is 0.338 e. The SMILES string of the molecule is O=C(O[C@@H]1CO[C@H]2[C@@H]1CC[C@H]2OC(=O)c1ccc(O)cc1)c1ccc(O)cc1. The number of carbonyl (C=O) groups is 2. The third-order valence-corrected chi connectivity index (χ3v) is 5.23. The van der Waals surface area contributed by atoms with E-state index in [1.165, 1.54) is 48.5 Å². The minimum Gasteiger partial charge on any atom is -0.508 e. The number of phenolic OH excluding ortho intramolecular Hbond substituents is 2. The van der Waals surface area contributed by atoms with Gasteiger partial charge in [0.05, 0.1) is 17.7 Å². The first kappa shape index (κ1) is 18.3. The average molecular weight is 384 g/mol. The Labute approximate surface area is 161 Å². The maximum atomic E-state index is 12.3. The molecule has 2 aromatic carbocycles. The molecule has 0 spiro atoms. The lowest BCUT2D eigenvalue weighted by molar-refractivity contribution is -0.0234. The fourth-order valence-corrected chi connectivity index (χ4v) is 3.77. The summed E-state index contributed by atoms with van der Waals surface area (Å²) < 4.78 is 17.0. The van der Waals surface area contributed by atoms with E-state index in [-0.39, 0.29) is 30.1 Å². The van der Waals surface area contributed by atoms with Gasteiger partial charge in [0.1, 0.15) is 29.8 Å². The van der Waals surface area contributed by atoms with Gasteiger partial charge >= 0.3 is 11.9 Å². The van der Waals surface area contributed by atoms with E-state index in [1.54, 1.807) is 0 Å². The minimum atomic E-state index is -0.473. The average Bonchev–Trinajstić information content (AvgIpc) is 3.26. The van der Waals surface area contributed by atoms with Crippen molar-refractivity contribution in [1.82, 2.24) is 0 Å². The molecule has 0 radical (unpaired) electrons. The predicted octanol–water partition coefficient (Wildman–Crippen LogP) is 2.66. The maximum Gasteiger partial charge on any atom is 0.338 e. The molecule has 28 heavy (non-hydrogen) atoms. The molecule has 2 N–H and O–H groups in total. The Hall–Kier alpha value is -3.06. The number of fused-ring (bicyclic) bond motifs is 1. The predicted molar refractivity (Wildman–Crippen MR) is 97.1 cm³/mol. The molecule has 0 unspecified atom stereocenters. The molecule has 1 aliphatic heterocycles. The van der Waals surface area contributed by atoms with Crippen molar-refractivity contribution in [3.05, 3.63) is 59.7 Å². The van der Waals surface area contributed by atoms with Crippen molar-refractivity contribution in [3.8, 4) is 11.5 Å². The van der Waals surface area contributed by atoms with Crippen molar-refractivity contribution < 1.29 is 34.0 Å². The highest BCUT2D eigenvalue weighted by atomic mass is 16.6. The van der Waals surface area contributed by atoms with Crippen LogP contribution in [0.1, 0.15) is 33.6 Å². The molecule has 7 heteroatoms. The van der Waals surface area contributed by atoms with Crippen LogP contribution in [0.25, 0.3) is 0 Å². The maximum absolute atomic E-state index is 12.3. The van der Waals surface area contributed by atoms with Gasteiger partial charge in [0.25, 0.3) is 0 Å². The zero-order valence-electron chi connectivity index (χ0n) is 15.0. The van der Waals surface area contributed by atoms with Crippen LogP contribution in [-0.4, -0.2) is 47.1 Å². The lowest BCUT2D eigenvalue weighted by Crippen LogP contribution is -2.31. The van der Waals surface area contributed by atoms with Crippen molar-refractivity contribution in [1.29, 1.82) is 0 Å². The van der Waals surface area contributed by atoms with Crippen molar-refractivity contribution in [3.63, 3.8) is 0 Å². The van der Waals surface area contributed by atoms with Crippen LogP contribution in [0.15, 0.2) is 48.5 Å². The molecule has 0 bridgehead atoms. The monoisotopic (exact) mass is 384 g/mol. The van der Waals surface area contributed by atoms with Crippen molar-refractivity contribution in [2.45, 2.75) is 31.2 Å². The lowest BCUT2D eigenvalue weighted by Gasteiger charge is -2.19. The number of aromatic hydroxyl groups is 2. The summed E-state index contributed by atoms with van der Waals surface area (Å²) in [4.78, 5) is 24.6. The molecule has 2 aromatic rings. The van der Waals surface area contributed by atoms with Crippen LogP contribution >= 0.6 is 0 Å². The van der Waals surface area contributed by atoms with Crippen LogP contribution in [0.4, 0.5) is 0 Å². The molecular weight excluding hydrogens is 364 g/mol. The van der Waals surface area contributed by atoms with Crippen LogP contribution in [0.2, 0.25) is 0 Å². The first-order valence-electron chi connectivity index (χ1n) is 9.13. The molecule has 2 fully saturated rings. The van der Waals surface area contributed by atoms with Crippen LogP contribution in [0, 0.1) is 5.92 Å². The van der Waals surface area contributed by atoms with Crippen LogP contribution in [0.5, 0.6) is 11.5 Å². The van der Waals surface area contributed by atoms with Gasteiger partial charge < -0.3 is 24.4 Å². The van der Waals surface area contributed by atoms with E-state index in [2.05, 4.69) is 0 Å². The van der Waals surface area contributed by atoms with Gasteiger partial charge in [-0.25, -0.2) is 9.59 Å². The van der Waals surface area contributed by atoms with Crippen molar-refractivity contribution in [2.75, 3.05) is 6.61 Å². The van der Waals surface area contributed by atoms with Crippen molar-refractivity contribution in [2.24, 2.45) is 5.92 Å². The molecule has 4 atom stereocenters. The Balaban J connectivity index is 1.36. The van der Waals surface area contributed by atoms with Gasteiger partial charge in [-0.2, -0.15) is 0 Å². The topological polar surface area (TPSA) is 102 Å².